The van der Waals surface area contributed by atoms with Crippen LogP contribution in [0, 0.1) is 5.82 Å². The van der Waals surface area contributed by atoms with Crippen molar-refractivity contribution in [1.29, 1.82) is 0 Å². The van der Waals surface area contributed by atoms with Crippen molar-refractivity contribution in [2.24, 2.45) is 0 Å². The Morgan fingerprint density at radius 3 is 2.15 bits per heavy atom. The molecule has 0 aliphatic rings. The summed E-state index contributed by atoms with van der Waals surface area (Å²) in [5.41, 5.74) is 1.27. The van der Waals surface area contributed by atoms with Crippen molar-refractivity contribution >= 4 is 27.4 Å². The lowest BCUT2D eigenvalue weighted by Crippen LogP contribution is -2.34. The highest BCUT2D eigenvalue weighted by Gasteiger charge is 2.17. The number of ether oxygens (including phenoxy) is 1. The molecule has 6 nitrogen and oxygen atoms in total. The van der Waals surface area contributed by atoms with Crippen LogP contribution in [0.15, 0.2) is 48.5 Å². The molecule has 1 amide bonds. The summed E-state index contributed by atoms with van der Waals surface area (Å²) in [5, 5.41) is 0. The number of esters is 1. The number of carbonyl (C=O) groups excluding carboxylic acids is 2. The molecule has 0 N–H and O–H groups in total. The molecule has 0 bridgehead atoms. The Morgan fingerprint density at radius 1 is 1.04 bits per heavy atom. The quantitative estimate of drug-likeness (QED) is 0.676. The van der Waals surface area contributed by atoms with E-state index in [0.717, 1.165) is 6.26 Å². The summed E-state index contributed by atoms with van der Waals surface area (Å²) >= 11 is 0. The summed E-state index contributed by atoms with van der Waals surface area (Å²) in [5.74, 6) is -1.66. The zero-order valence-corrected chi connectivity index (χ0v) is 15.8. The first-order valence-electron chi connectivity index (χ1n) is 8.19. The van der Waals surface area contributed by atoms with Crippen LogP contribution in [0.3, 0.4) is 0 Å². The molecule has 144 valence electrons. The third-order valence-corrected chi connectivity index (χ3v) is 4.56. The van der Waals surface area contributed by atoms with Crippen LogP contribution in [0.4, 0.5) is 10.1 Å². The van der Waals surface area contributed by atoms with Gasteiger partial charge >= 0.3 is 5.97 Å². The molecule has 0 spiro atoms. The third kappa shape index (κ3) is 6.18. The van der Waals surface area contributed by atoms with Gasteiger partial charge in [0.2, 0.25) is 0 Å². The molecule has 0 aliphatic heterocycles. The maximum atomic E-state index is 13.0. The second-order valence-electron chi connectivity index (χ2n) is 5.96. The van der Waals surface area contributed by atoms with Gasteiger partial charge in [-0.25, -0.2) is 17.6 Å². The average molecular weight is 393 g/mol. The average Bonchev–Trinajstić information content (AvgIpc) is 2.61. The van der Waals surface area contributed by atoms with Crippen LogP contribution in [0.2, 0.25) is 0 Å². The first kappa shape index (κ1) is 20.6. The van der Waals surface area contributed by atoms with Gasteiger partial charge in [-0.3, -0.25) is 4.79 Å². The van der Waals surface area contributed by atoms with Gasteiger partial charge < -0.3 is 9.64 Å². The Labute approximate surface area is 157 Å². The van der Waals surface area contributed by atoms with Crippen LogP contribution in [-0.2, 0) is 25.1 Å². The Kier molecular flexibility index (Phi) is 6.68. The lowest BCUT2D eigenvalue weighted by atomic mass is 10.1. The number of anilines is 1. The lowest BCUT2D eigenvalue weighted by molar-refractivity contribution is -0.121. The first-order valence-corrected chi connectivity index (χ1v) is 10.3. The van der Waals surface area contributed by atoms with Crippen LogP contribution < -0.4 is 4.90 Å². The third-order valence-electron chi connectivity index (χ3n) is 3.70. The molecule has 0 atom stereocenters. The standard InChI is InChI=1S/C19H20FNO5S/c1-3-21(17-10-8-16(20)9-11-17)18(22)12-26-19(23)15-6-4-14(5-7-15)13-27(2,24)25/h4-11H,3,12-13H2,1-2H3. The van der Waals surface area contributed by atoms with Crippen LogP contribution in [-0.4, -0.2) is 39.7 Å². The van der Waals surface area contributed by atoms with E-state index in [9.17, 15) is 22.4 Å². The van der Waals surface area contributed by atoms with Gasteiger partial charge in [-0.2, -0.15) is 0 Å². The number of benzene rings is 2. The summed E-state index contributed by atoms with van der Waals surface area (Å²) < 4.78 is 40.6. The van der Waals surface area contributed by atoms with Crippen LogP contribution in [0.1, 0.15) is 22.8 Å². The monoisotopic (exact) mass is 393 g/mol. The molecule has 0 fully saturated rings. The number of halogens is 1. The van der Waals surface area contributed by atoms with Crippen molar-refractivity contribution in [2.75, 3.05) is 24.3 Å². The van der Waals surface area contributed by atoms with E-state index >= 15 is 0 Å². The van der Waals surface area contributed by atoms with Crippen LogP contribution in [0.5, 0.6) is 0 Å². The fourth-order valence-electron chi connectivity index (χ4n) is 2.45. The zero-order chi connectivity index (χ0) is 20.0. The van der Waals surface area contributed by atoms with E-state index in [0.29, 0.717) is 17.8 Å². The minimum Gasteiger partial charge on any atom is -0.452 e. The number of hydrogen-bond donors (Lipinski definition) is 0. The lowest BCUT2D eigenvalue weighted by Gasteiger charge is -2.20. The van der Waals surface area contributed by atoms with Crippen molar-refractivity contribution in [3.8, 4) is 0 Å². The SMILES string of the molecule is CCN(C(=O)COC(=O)c1ccc(CS(C)(=O)=O)cc1)c1ccc(F)cc1. The topological polar surface area (TPSA) is 80.8 Å². The molecule has 2 rings (SSSR count). The fourth-order valence-corrected chi connectivity index (χ4v) is 3.25. The van der Waals surface area contributed by atoms with Crippen molar-refractivity contribution in [1.82, 2.24) is 0 Å². The van der Waals surface area contributed by atoms with Gasteiger partial charge in [0.1, 0.15) is 5.82 Å². The maximum absolute atomic E-state index is 13.0. The summed E-state index contributed by atoms with van der Waals surface area (Å²) in [7, 11) is -3.16. The molecule has 27 heavy (non-hydrogen) atoms. The molecule has 0 aromatic heterocycles. The number of carbonyl (C=O) groups is 2. The molecule has 2 aromatic carbocycles. The highest BCUT2D eigenvalue weighted by Crippen LogP contribution is 2.15. The molecule has 0 saturated heterocycles. The molecule has 2 aromatic rings. The number of sulfone groups is 1. The van der Waals surface area contributed by atoms with E-state index in [-0.39, 0.29) is 11.3 Å². The number of likely N-dealkylation sites (N-methyl/N-ethyl adjacent to an activating group) is 1. The number of rotatable bonds is 7. The molecule has 0 aliphatic carbocycles. The van der Waals surface area contributed by atoms with Crippen molar-refractivity contribution < 1.29 is 27.1 Å². The first-order chi connectivity index (χ1) is 12.7. The van der Waals surface area contributed by atoms with Crippen molar-refractivity contribution in [3.05, 3.63) is 65.5 Å². The number of hydrogen-bond acceptors (Lipinski definition) is 5. The smallest absolute Gasteiger partial charge is 0.338 e. The highest BCUT2D eigenvalue weighted by molar-refractivity contribution is 7.89. The Balaban J connectivity index is 1.97. The Hall–Kier alpha value is -2.74. The van der Waals surface area contributed by atoms with Gasteiger partial charge in [-0.05, 0) is 48.9 Å². The van der Waals surface area contributed by atoms with Crippen molar-refractivity contribution in [3.63, 3.8) is 0 Å². The van der Waals surface area contributed by atoms with E-state index in [1.54, 1.807) is 6.92 Å². The Bertz CT molecular complexity index is 908. The van der Waals surface area contributed by atoms with E-state index in [2.05, 4.69) is 0 Å². The number of amides is 1. The largest absolute Gasteiger partial charge is 0.452 e. The van der Waals surface area contributed by atoms with Gasteiger partial charge in [0.25, 0.3) is 5.91 Å². The van der Waals surface area contributed by atoms with Gasteiger partial charge in [0.05, 0.1) is 11.3 Å². The molecule has 0 heterocycles. The fraction of sp³-hybridized carbons (Fsp3) is 0.263. The molecule has 0 unspecified atom stereocenters. The van der Waals surface area contributed by atoms with E-state index in [1.165, 1.54) is 53.4 Å². The molecular weight excluding hydrogens is 373 g/mol. The number of nitrogens with zero attached hydrogens (tertiary/aromatic N) is 1. The molecule has 0 radical (unpaired) electrons. The highest BCUT2D eigenvalue weighted by atomic mass is 32.2. The normalized spacial score (nSPS) is 11.1. The van der Waals surface area contributed by atoms with Crippen LogP contribution in [0.25, 0.3) is 0 Å². The van der Waals surface area contributed by atoms with Gasteiger partial charge in [-0.1, -0.05) is 12.1 Å². The van der Waals surface area contributed by atoms with E-state index in [1.807, 2.05) is 0 Å². The zero-order valence-electron chi connectivity index (χ0n) is 15.0. The van der Waals surface area contributed by atoms with E-state index in [4.69, 9.17) is 4.74 Å². The summed E-state index contributed by atoms with van der Waals surface area (Å²) in [6.45, 7) is 1.63. The maximum Gasteiger partial charge on any atom is 0.338 e. The molecular formula is C19H20FNO5S. The summed E-state index contributed by atoms with van der Waals surface area (Å²) in [4.78, 5) is 25.7. The van der Waals surface area contributed by atoms with Gasteiger partial charge in [-0.15, -0.1) is 0 Å². The second-order valence-corrected chi connectivity index (χ2v) is 8.10. The second kappa shape index (κ2) is 8.77. The van der Waals surface area contributed by atoms with E-state index < -0.39 is 34.1 Å². The van der Waals surface area contributed by atoms with Crippen LogP contribution >= 0.6 is 0 Å². The predicted octanol–water partition coefficient (Wildman–Crippen LogP) is 2.58. The van der Waals surface area contributed by atoms with Crippen molar-refractivity contribution in [2.45, 2.75) is 12.7 Å². The molecule has 8 heteroatoms. The summed E-state index contributed by atoms with van der Waals surface area (Å²) in [6, 6.07) is 11.4. The van der Waals surface area contributed by atoms with Gasteiger partial charge in [0.15, 0.2) is 16.4 Å². The predicted molar refractivity (Wildman–Crippen MR) is 99.7 cm³/mol. The Morgan fingerprint density at radius 2 is 1.63 bits per heavy atom. The minimum absolute atomic E-state index is 0.121. The van der Waals surface area contributed by atoms with Gasteiger partial charge in [0, 0.05) is 18.5 Å². The minimum atomic E-state index is -3.16. The summed E-state index contributed by atoms with van der Waals surface area (Å²) in [6.07, 6.45) is 1.13. The molecule has 0 saturated carbocycles.